The van der Waals surface area contributed by atoms with Gasteiger partial charge < -0.3 is 14.6 Å². The summed E-state index contributed by atoms with van der Waals surface area (Å²) in [5.74, 6) is -0.0553. The fraction of sp³-hybridized carbons (Fsp3) is 0.269. The third kappa shape index (κ3) is 5.07. The van der Waals surface area contributed by atoms with Crippen molar-refractivity contribution in [3.63, 3.8) is 0 Å². The number of phenols is 1. The summed E-state index contributed by atoms with van der Waals surface area (Å²) in [7, 11) is 0. The van der Waals surface area contributed by atoms with Crippen LogP contribution < -0.4 is 19.6 Å². The van der Waals surface area contributed by atoms with Crippen LogP contribution in [-0.4, -0.2) is 28.4 Å². The van der Waals surface area contributed by atoms with Gasteiger partial charge in [0.1, 0.15) is 11.5 Å². The average Bonchev–Trinajstić information content (AvgIpc) is 3.11. The first-order valence-electron chi connectivity index (χ1n) is 11.2. The van der Waals surface area contributed by atoms with E-state index >= 15 is 0 Å². The number of carbonyl (C=O) groups excluding carboxylic acids is 1. The number of halogens is 2. The highest BCUT2D eigenvalue weighted by molar-refractivity contribution is 7.07. The summed E-state index contributed by atoms with van der Waals surface area (Å²) in [6.07, 6.45) is 1.51. The maximum atomic E-state index is 13.7. The first kappa shape index (κ1) is 26.0. The first-order valence-corrected chi connectivity index (χ1v) is 12.8. The molecule has 4 rings (SSSR count). The smallest absolute Gasteiger partial charge is 0.338 e. The molecule has 2 aromatic carbocycles. The molecule has 1 aliphatic rings. The molecule has 0 spiro atoms. The minimum atomic E-state index is -0.757. The molecule has 36 heavy (non-hydrogen) atoms. The molecule has 2 heterocycles. The Kier molecular flexibility index (Phi) is 7.59. The number of allylic oxidation sites excluding steroid dienone is 1. The second-order valence-corrected chi connectivity index (χ2v) is 10.2. The zero-order valence-electron chi connectivity index (χ0n) is 20.0. The van der Waals surface area contributed by atoms with Crippen LogP contribution >= 0.6 is 34.5 Å². The number of hydrogen-bond acceptors (Lipinski definition) is 7. The monoisotopic (exact) mass is 546 g/mol. The Morgan fingerprint density at radius 2 is 1.94 bits per heavy atom. The SMILES string of the molecule is CCOC(=O)C1=C(C)N=c2s/c(=C\c3cc(Cl)cc(Cl)c3O)c(=O)n2[C@H]1c1ccc(OC(C)C)cc1. The van der Waals surface area contributed by atoms with Crippen molar-refractivity contribution >= 4 is 46.6 Å². The first-order chi connectivity index (χ1) is 17.1. The van der Waals surface area contributed by atoms with Crippen LogP contribution in [0.2, 0.25) is 10.0 Å². The number of aromatic nitrogens is 1. The fourth-order valence-corrected chi connectivity index (χ4v) is 5.49. The molecule has 1 aliphatic heterocycles. The predicted molar refractivity (Wildman–Crippen MR) is 141 cm³/mol. The van der Waals surface area contributed by atoms with E-state index in [9.17, 15) is 14.7 Å². The number of fused-ring (bicyclic) bond motifs is 1. The molecule has 1 aromatic heterocycles. The zero-order valence-corrected chi connectivity index (χ0v) is 22.4. The summed E-state index contributed by atoms with van der Waals surface area (Å²) < 4.78 is 12.8. The van der Waals surface area contributed by atoms with Gasteiger partial charge in [-0.05, 0) is 63.6 Å². The number of phenolic OH excluding ortho intramolecular Hbond substituents is 1. The molecule has 7 nitrogen and oxygen atoms in total. The van der Waals surface area contributed by atoms with E-state index in [1.165, 1.54) is 22.8 Å². The van der Waals surface area contributed by atoms with Gasteiger partial charge in [-0.1, -0.05) is 46.7 Å². The van der Waals surface area contributed by atoms with E-state index in [0.717, 1.165) is 11.3 Å². The Bertz CT molecular complexity index is 1540. The van der Waals surface area contributed by atoms with Gasteiger partial charge in [0.25, 0.3) is 5.56 Å². The largest absolute Gasteiger partial charge is 0.506 e. The summed E-state index contributed by atoms with van der Waals surface area (Å²) in [6, 6.07) is 9.41. The predicted octanol–water partition coefficient (Wildman–Crippen LogP) is 4.60. The van der Waals surface area contributed by atoms with E-state index < -0.39 is 12.0 Å². The Morgan fingerprint density at radius 1 is 1.25 bits per heavy atom. The lowest BCUT2D eigenvalue weighted by atomic mass is 9.96. The van der Waals surface area contributed by atoms with E-state index in [-0.39, 0.29) is 34.6 Å². The van der Waals surface area contributed by atoms with Crippen molar-refractivity contribution in [1.82, 2.24) is 4.57 Å². The lowest BCUT2D eigenvalue weighted by Crippen LogP contribution is -2.39. The lowest BCUT2D eigenvalue weighted by molar-refractivity contribution is -0.139. The fourth-order valence-electron chi connectivity index (χ4n) is 3.94. The molecule has 0 radical (unpaired) electrons. The highest BCUT2D eigenvalue weighted by Gasteiger charge is 2.33. The van der Waals surface area contributed by atoms with Gasteiger partial charge in [-0.25, -0.2) is 9.79 Å². The third-order valence-corrected chi connectivity index (χ3v) is 6.92. The van der Waals surface area contributed by atoms with E-state index in [1.807, 2.05) is 26.0 Å². The van der Waals surface area contributed by atoms with Crippen LogP contribution in [0.3, 0.4) is 0 Å². The number of aromatic hydroxyl groups is 1. The molecule has 1 N–H and O–H groups in total. The standard InChI is InChI=1S/C26H24Cl2N2O5S/c1-5-34-25(33)21-14(4)29-26-30(22(21)15-6-8-18(9-7-15)35-13(2)3)24(32)20(36-26)11-16-10-17(27)12-19(28)23(16)31/h6-13,22,31H,5H2,1-4H3/b20-11-/t22-/m0/s1. The van der Waals surface area contributed by atoms with Crippen molar-refractivity contribution in [3.8, 4) is 11.5 Å². The number of thiazole rings is 1. The number of ether oxygens (including phenoxy) is 2. The summed E-state index contributed by atoms with van der Waals surface area (Å²) >= 11 is 13.3. The summed E-state index contributed by atoms with van der Waals surface area (Å²) in [5, 5.41) is 10.8. The Balaban J connectivity index is 1.93. The van der Waals surface area contributed by atoms with Crippen molar-refractivity contribution in [3.05, 3.63) is 88.5 Å². The number of benzene rings is 2. The lowest BCUT2D eigenvalue weighted by Gasteiger charge is -2.25. The van der Waals surface area contributed by atoms with Gasteiger partial charge in [-0.2, -0.15) is 0 Å². The zero-order chi connectivity index (χ0) is 26.1. The number of carbonyl (C=O) groups is 1. The number of esters is 1. The summed E-state index contributed by atoms with van der Waals surface area (Å²) in [6.45, 7) is 7.49. The van der Waals surface area contributed by atoms with Gasteiger partial charge in [0.05, 0.1) is 39.6 Å². The Labute approximate surface area is 221 Å². The maximum Gasteiger partial charge on any atom is 0.338 e. The van der Waals surface area contributed by atoms with Crippen molar-refractivity contribution in [1.29, 1.82) is 0 Å². The highest BCUT2D eigenvalue weighted by Crippen LogP contribution is 2.33. The molecule has 0 amide bonds. The van der Waals surface area contributed by atoms with Crippen molar-refractivity contribution < 1.29 is 19.4 Å². The minimum Gasteiger partial charge on any atom is -0.506 e. The normalized spacial score (nSPS) is 15.6. The second-order valence-electron chi connectivity index (χ2n) is 8.36. The van der Waals surface area contributed by atoms with Gasteiger partial charge in [0.15, 0.2) is 4.80 Å². The van der Waals surface area contributed by atoms with Crippen molar-refractivity contribution in [2.75, 3.05) is 6.61 Å². The molecule has 188 valence electrons. The maximum absolute atomic E-state index is 13.7. The molecule has 0 bridgehead atoms. The molecular formula is C26H24Cl2N2O5S. The molecule has 10 heteroatoms. The Morgan fingerprint density at radius 3 is 2.58 bits per heavy atom. The van der Waals surface area contributed by atoms with E-state index in [1.54, 1.807) is 26.0 Å². The number of rotatable bonds is 6. The topological polar surface area (TPSA) is 90.1 Å². The van der Waals surface area contributed by atoms with Crippen molar-refractivity contribution in [2.24, 2.45) is 4.99 Å². The molecule has 0 aliphatic carbocycles. The summed E-state index contributed by atoms with van der Waals surface area (Å²) in [5.41, 5.74) is 1.36. The van der Waals surface area contributed by atoms with Crippen LogP contribution in [0, 0.1) is 0 Å². The molecule has 0 unspecified atom stereocenters. The van der Waals surface area contributed by atoms with Crippen LogP contribution in [0.5, 0.6) is 11.5 Å². The average molecular weight is 547 g/mol. The molecular weight excluding hydrogens is 523 g/mol. The van der Waals surface area contributed by atoms with Crippen LogP contribution in [0.1, 0.15) is 44.9 Å². The molecule has 3 aromatic rings. The van der Waals surface area contributed by atoms with Gasteiger partial charge in [0, 0.05) is 10.6 Å². The van der Waals surface area contributed by atoms with Crippen LogP contribution in [0.15, 0.2) is 57.5 Å². The minimum absolute atomic E-state index is 0.00200. The third-order valence-electron chi connectivity index (χ3n) is 5.43. The number of hydrogen-bond donors (Lipinski definition) is 1. The quantitative estimate of drug-likeness (QED) is 0.456. The van der Waals surface area contributed by atoms with Crippen LogP contribution in [0.25, 0.3) is 6.08 Å². The number of nitrogens with zero attached hydrogens (tertiary/aromatic N) is 2. The van der Waals surface area contributed by atoms with Gasteiger partial charge in [-0.15, -0.1) is 0 Å². The van der Waals surface area contributed by atoms with Gasteiger partial charge >= 0.3 is 5.97 Å². The van der Waals surface area contributed by atoms with E-state index in [0.29, 0.717) is 36.9 Å². The van der Waals surface area contributed by atoms with E-state index in [2.05, 4.69) is 4.99 Å². The van der Waals surface area contributed by atoms with Gasteiger partial charge in [-0.3, -0.25) is 9.36 Å². The van der Waals surface area contributed by atoms with Crippen molar-refractivity contribution in [2.45, 2.75) is 39.8 Å². The van der Waals surface area contributed by atoms with E-state index in [4.69, 9.17) is 32.7 Å². The van der Waals surface area contributed by atoms with Gasteiger partial charge in [0.2, 0.25) is 0 Å². The molecule has 1 atom stereocenters. The highest BCUT2D eigenvalue weighted by atomic mass is 35.5. The molecule has 0 saturated carbocycles. The molecule has 0 saturated heterocycles. The second kappa shape index (κ2) is 10.5. The van der Waals surface area contributed by atoms with Crippen LogP contribution in [-0.2, 0) is 9.53 Å². The van der Waals surface area contributed by atoms with Crippen LogP contribution in [0.4, 0.5) is 0 Å². The summed E-state index contributed by atoms with van der Waals surface area (Å²) in [4.78, 5) is 31.6. The molecule has 0 fully saturated rings. The Hall–Kier alpha value is -3.07.